The molecule has 1 N–H and O–H groups in total. The van der Waals surface area contributed by atoms with Crippen LogP contribution in [0.4, 0.5) is 5.69 Å². The van der Waals surface area contributed by atoms with Crippen molar-refractivity contribution in [1.29, 1.82) is 0 Å². The van der Waals surface area contributed by atoms with E-state index in [-0.39, 0.29) is 0 Å². The minimum absolute atomic E-state index is 0.722. The third-order valence-electron chi connectivity index (χ3n) is 2.80. The first-order chi connectivity index (χ1) is 7.27. The SMILES string of the molecule is CCC(CNC)CN(C)c1ccccc1. The Kier molecular flexibility index (Phi) is 5.19. The molecule has 1 rings (SSSR count). The van der Waals surface area contributed by atoms with Crippen molar-refractivity contribution in [2.24, 2.45) is 5.92 Å². The van der Waals surface area contributed by atoms with Gasteiger partial charge < -0.3 is 10.2 Å². The molecule has 0 spiro atoms. The second-order valence-corrected chi connectivity index (χ2v) is 4.05. The van der Waals surface area contributed by atoms with Crippen LogP contribution in [0, 0.1) is 5.92 Å². The molecule has 2 nitrogen and oxygen atoms in total. The van der Waals surface area contributed by atoms with Gasteiger partial charge in [0.05, 0.1) is 0 Å². The van der Waals surface area contributed by atoms with Gasteiger partial charge in [0.1, 0.15) is 0 Å². The van der Waals surface area contributed by atoms with E-state index in [1.807, 2.05) is 7.05 Å². The molecule has 1 unspecified atom stereocenters. The minimum atomic E-state index is 0.722. The molecule has 0 radical (unpaired) electrons. The molecule has 1 aromatic carbocycles. The lowest BCUT2D eigenvalue weighted by atomic mass is 10.1. The van der Waals surface area contributed by atoms with Gasteiger partial charge >= 0.3 is 0 Å². The van der Waals surface area contributed by atoms with Crippen LogP contribution in [0.3, 0.4) is 0 Å². The predicted octanol–water partition coefficient (Wildman–Crippen LogP) is 2.37. The fourth-order valence-electron chi connectivity index (χ4n) is 1.80. The number of hydrogen-bond donors (Lipinski definition) is 1. The molecule has 0 saturated heterocycles. The van der Waals surface area contributed by atoms with Gasteiger partial charge in [-0.05, 0) is 31.6 Å². The highest BCUT2D eigenvalue weighted by atomic mass is 15.1. The normalized spacial score (nSPS) is 12.5. The zero-order valence-corrected chi connectivity index (χ0v) is 10.0. The van der Waals surface area contributed by atoms with E-state index in [2.05, 4.69) is 54.5 Å². The maximum absolute atomic E-state index is 3.25. The van der Waals surface area contributed by atoms with Crippen LogP contribution >= 0.6 is 0 Å². The van der Waals surface area contributed by atoms with Crippen LogP contribution in [-0.4, -0.2) is 27.2 Å². The van der Waals surface area contributed by atoms with Crippen LogP contribution in [-0.2, 0) is 0 Å². The van der Waals surface area contributed by atoms with Gasteiger partial charge in [-0.3, -0.25) is 0 Å². The Balaban J connectivity index is 2.50. The lowest BCUT2D eigenvalue weighted by Gasteiger charge is -2.24. The average molecular weight is 206 g/mol. The molecule has 0 heterocycles. The minimum Gasteiger partial charge on any atom is -0.374 e. The van der Waals surface area contributed by atoms with Gasteiger partial charge in [0.2, 0.25) is 0 Å². The van der Waals surface area contributed by atoms with Crippen LogP contribution in [0.15, 0.2) is 30.3 Å². The largest absolute Gasteiger partial charge is 0.374 e. The third-order valence-corrected chi connectivity index (χ3v) is 2.80. The van der Waals surface area contributed by atoms with Crippen molar-refractivity contribution in [2.75, 3.05) is 32.1 Å². The molecule has 0 bridgehead atoms. The number of nitrogens with zero attached hydrogens (tertiary/aromatic N) is 1. The first kappa shape index (κ1) is 12.1. The summed E-state index contributed by atoms with van der Waals surface area (Å²) in [6.45, 7) is 4.45. The number of para-hydroxylation sites is 1. The zero-order valence-electron chi connectivity index (χ0n) is 10.0. The Morgan fingerprint density at radius 1 is 1.27 bits per heavy atom. The van der Waals surface area contributed by atoms with Crippen LogP contribution in [0.25, 0.3) is 0 Å². The summed E-state index contributed by atoms with van der Waals surface area (Å²) in [5, 5.41) is 3.25. The summed E-state index contributed by atoms with van der Waals surface area (Å²) >= 11 is 0. The molecule has 1 aromatic rings. The molecule has 0 aromatic heterocycles. The van der Waals surface area contributed by atoms with E-state index in [0.717, 1.165) is 19.0 Å². The van der Waals surface area contributed by atoms with Gasteiger partial charge in [0.15, 0.2) is 0 Å². The van der Waals surface area contributed by atoms with Crippen molar-refractivity contribution in [1.82, 2.24) is 5.32 Å². The summed E-state index contributed by atoms with van der Waals surface area (Å²) in [6, 6.07) is 10.6. The summed E-state index contributed by atoms with van der Waals surface area (Å²) in [7, 11) is 4.18. The molecule has 0 aliphatic rings. The van der Waals surface area contributed by atoms with E-state index in [1.165, 1.54) is 12.1 Å². The van der Waals surface area contributed by atoms with Crippen molar-refractivity contribution < 1.29 is 0 Å². The predicted molar refractivity (Wildman–Crippen MR) is 67.4 cm³/mol. The molecule has 84 valence electrons. The van der Waals surface area contributed by atoms with E-state index in [0.29, 0.717) is 0 Å². The van der Waals surface area contributed by atoms with E-state index in [1.54, 1.807) is 0 Å². The van der Waals surface area contributed by atoms with Crippen LogP contribution < -0.4 is 10.2 Å². The summed E-state index contributed by atoms with van der Waals surface area (Å²) in [5.41, 5.74) is 1.30. The van der Waals surface area contributed by atoms with Gasteiger partial charge in [-0.25, -0.2) is 0 Å². The fourth-order valence-corrected chi connectivity index (χ4v) is 1.80. The fraction of sp³-hybridized carbons (Fsp3) is 0.538. The number of anilines is 1. The highest BCUT2D eigenvalue weighted by Gasteiger charge is 2.08. The standard InChI is InChI=1S/C13H22N2/c1-4-12(10-14-2)11-15(3)13-8-6-5-7-9-13/h5-9,12,14H,4,10-11H2,1-3H3. The van der Waals surface area contributed by atoms with Crippen LogP contribution in [0.5, 0.6) is 0 Å². The molecule has 0 aliphatic carbocycles. The Bertz CT molecular complexity index is 258. The number of rotatable bonds is 6. The molecule has 15 heavy (non-hydrogen) atoms. The van der Waals surface area contributed by atoms with Crippen LogP contribution in [0.1, 0.15) is 13.3 Å². The Morgan fingerprint density at radius 2 is 1.93 bits per heavy atom. The first-order valence-corrected chi connectivity index (χ1v) is 5.68. The lowest BCUT2D eigenvalue weighted by molar-refractivity contribution is 0.485. The summed E-state index contributed by atoms with van der Waals surface area (Å²) in [5.74, 6) is 0.722. The zero-order chi connectivity index (χ0) is 11.1. The summed E-state index contributed by atoms with van der Waals surface area (Å²) in [4.78, 5) is 2.32. The van der Waals surface area contributed by atoms with Gasteiger partial charge in [-0.15, -0.1) is 0 Å². The number of hydrogen-bond acceptors (Lipinski definition) is 2. The highest BCUT2D eigenvalue weighted by Crippen LogP contribution is 2.13. The molecule has 2 heteroatoms. The van der Waals surface area contributed by atoms with E-state index >= 15 is 0 Å². The Labute approximate surface area is 93.3 Å². The van der Waals surface area contributed by atoms with Gasteiger partial charge in [-0.1, -0.05) is 31.5 Å². The quantitative estimate of drug-likeness (QED) is 0.768. The third kappa shape index (κ3) is 3.92. The second-order valence-electron chi connectivity index (χ2n) is 4.05. The Morgan fingerprint density at radius 3 is 2.47 bits per heavy atom. The highest BCUT2D eigenvalue weighted by molar-refractivity contribution is 5.44. The summed E-state index contributed by atoms with van der Waals surface area (Å²) in [6.07, 6.45) is 1.22. The van der Waals surface area contributed by atoms with E-state index < -0.39 is 0 Å². The average Bonchev–Trinajstić information content (AvgIpc) is 2.29. The monoisotopic (exact) mass is 206 g/mol. The van der Waals surface area contributed by atoms with Gasteiger partial charge in [0.25, 0.3) is 0 Å². The topological polar surface area (TPSA) is 15.3 Å². The molecule has 0 amide bonds. The smallest absolute Gasteiger partial charge is 0.0363 e. The van der Waals surface area contributed by atoms with Crippen molar-refractivity contribution in [2.45, 2.75) is 13.3 Å². The molecular weight excluding hydrogens is 184 g/mol. The van der Waals surface area contributed by atoms with Crippen molar-refractivity contribution in [3.63, 3.8) is 0 Å². The molecule has 0 saturated carbocycles. The first-order valence-electron chi connectivity index (χ1n) is 5.68. The summed E-state index contributed by atoms with van der Waals surface area (Å²) < 4.78 is 0. The maximum Gasteiger partial charge on any atom is 0.0363 e. The molecule has 0 aliphatic heterocycles. The van der Waals surface area contributed by atoms with Gasteiger partial charge in [0, 0.05) is 19.3 Å². The van der Waals surface area contributed by atoms with Crippen molar-refractivity contribution >= 4 is 5.69 Å². The maximum atomic E-state index is 3.25. The van der Waals surface area contributed by atoms with Gasteiger partial charge in [-0.2, -0.15) is 0 Å². The molecule has 0 fully saturated rings. The molecular formula is C13H22N2. The van der Waals surface area contributed by atoms with Crippen molar-refractivity contribution in [3.05, 3.63) is 30.3 Å². The number of nitrogens with one attached hydrogen (secondary N) is 1. The molecule has 1 atom stereocenters. The van der Waals surface area contributed by atoms with Crippen molar-refractivity contribution in [3.8, 4) is 0 Å². The second kappa shape index (κ2) is 6.46. The van der Waals surface area contributed by atoms with Crippen LogP contribution in [0.2, 0.25) is 0 Å². The lowest BCUT2D eigenvalue weighted by Crippen LogP contribution is -2.30. The van der Waals surface area contributed by atoms with E-state index in [9.17, 15) is 0 Å². The number of benzene rings is 1. The Hall–Kier alpha value is -1.02. The van der Waals surface area contributed by atoms with E-state index in [4.69, 9.17) is 0 Å².